The van der Waals surface area contributed by atoms with Gasteiger partial charge in [-0.15, -0.1) is 0 Å². The lowest BCUT2D eigenvalue weighted by molar-refractivity contribution is -0.140. The van der Waals surface area contributed by atoms with E-state index in [1.807, 2.05) is 6.92 Å². The maximum Gasteiger partial charge on any atom is 0.330 e. The first-order valence-corrected chi connectivity index (χ1v) is 7.92. The Bertz CT molecular complexity index is 344. The third-order valence-corrected chi connectivity index (χ3v) is 2.29. The van der Waals surface area contributed by atoms with Gasteiger partial charge in [-0.25, -0.2) is 9.59 Å². The zero-order valence-electron chi connectivity index (χ0n) is 15.2. The van der Waals surface area contributed by atoms with Crippen molar-refractivity contribution in [1.29, 1.82) is 0 Å². The predicted molar refractivity (Wildman–Crippen MR) is 92.3 cm³/mol. The van der Waals surface area contributed by atoms with E-state index in [1.165, 1.54) is 0 Å². The van der Waals surface area contributed by atoms with Crippen molar-refractivity contribution < 1.29 is 38.0 Å². The quantitative estimate of drug-likeness (QED) is 0.243. The van der Waals surface area contributed by atoms with E-state index in [2.05, 4.69) is 22.6 Å². The number of carbonyl (C=O) groups excluding carboxylic acids is 2. The van der Waals surface area contributed by atoms with E-state index in [4.69, 9.17) is 18.9 Å². The summed E-state index contributed by atoms with van der Waals surface area (Å²) in [6.45, 7) is 12.6. The van der Waals surface area contributed by atoms with Crippen LogP contribution in [-0.2, 0) is 38.0 Å². The molecular formula is C17H30O8. The van der Waals surface area contributed by atoms with Crippen LogP contribution in [0.5, 0.6) is 0 Å². The SMILES string of the molecule is C=CC(=O)OCCOCCOC.C=CC(=O)OCCOCCOCC. The highest BCUT2D eigenvalue weighted by Crippen LogP contribution is 1.83. The van der Waals surface area contributed by atoms with E-state index in [0.717, 1.165) is 12.2 Å². The lowest BCUT2D eigenvalue weighted by Crippen LogP contribution is -2.11. The Labute approximate surface area is 149 Å². The second kappa shape index (κ2) is 22.3. The molecule has 0 saturated heterocycles. The summed E-state index contributed by atoms with van der Waals surface area (Å²) in [5, 5.41) is 0. The Morgan fingerprint density at radius 1 is 0.720 bits per heavy atom. The van der Waals surface area contributed by atoms with Crippen LogP contribution in [0.3, 0.4) is 0 Å². The summed E-state index contributed by atoms with van der Waals surface area (Å²) < 4.78 is 29.2. The molecule has 0 radical (unpaired) electrons. The average molecular weight is 362 g/mol. The molecule has 0 aromatic rings. The summed E-state index contributed by atoms with van der Waals surface area (Å²) in [5.74, 6) is -0.848. The van der Waals surface area contributed by atoms with Gasteiger partial charge in [0.15, 0.2) is 0 Å². The molecule has 8 heteroatoms. The fraction of sp³-hybridized carbons (Fsp3) is 0.647. The number of hydrogen-bond donors (Lipinski definition) is 0. The van der Waals surface area contributed by atoms with Crippen LogP contribution in [0, 0.1) is 0 Å². The zero-order chi connectivity index (χ0) is 19.2. The first-order valence-electron chi connectivity index (χ1n) is 7.92. The standard InChI is InChI=1S/C9H16O4.C8H14O4/c1-3-9(10)13-8-7-12-6-5-11-4-2;1-3-8(9)12-7-6-11-5-4-10-2/h3H,1,4-8H2,2H3;3H,1,4-7H2,2H3. The van der Waals surface area contributed by atoms with Crippen molar-refractivity contribution in [3.8, 4) is 0 Å². The normalized spacial score (nSPS) is 9.52. The molecule has 0 aromatic carbocycles. The molecule has 0 unspecified atom stereocenters. The van der Waals surface area contributed by atoms with Gasteiger partial charge >= 0.3 is 11.9 Å². The Balaban J connectivity index is 0. The second-order valence-corrected chi connectivity index (χ2v) is 4.16. The van der Waals surface area contributed by atoms with Crippen molar-refractivity contribution in [2.24, 2.45) is 0 Å². The maximum absolute atomic E-state index is 10.5. The lowest BCUT2D eigenvalue weighted by atomic mass is 10.6. The van der Waals surface area contributed by atoms with E-state index in [9.17, 15) is 9.59 Å². The van der Waals surface area contributed by atoms with Crippen LogP contribution in [0.4, 0.5) is 0 Å². The minimum atomic E-state index is -0.426. The molecule has 0 fully saturated rings. The van der Waals surface area contributed by atoms with E-state index >= 15 is 0 Å². The smallest absolute Gasteiger partial charge is 0.330 e. The molecule has 0 saturated carbocycles. The van der Waals surface area contributed by atoms with Crippen LogP contribution in [0.15, 0.2) is 25.3 Å². The molecule has 8 nitrogen and oxygen atoms in total. The van der Waals surface area contributed by atoms with Crippen LogP contribution < -0.4 is 0 Å². The number of carbonyl (C=O) groups is 2. The molecular weight excluding hydrogens is 332 g/mol. The summed E-state index contributed by atoms with van der Waals surface area (Å²) >= 11 is 0. The van der Waals surface area contributed by atoms with Crippen LogP contribution in [0.1, 0.15) is 6.92 Å². The van der Waals surface area contributed by atoms with Crippen molar-refractivity contribution in [3.63, 3.8) is 0 Å². The molecule has 0 aliphatic carbocycles. The molecule has 0 rings (SSSR count). The average Bonchev–Trinajstić information content (AvgIpc) is 2.63. The number of methoxy groups -OCH3 is 1. The molecule has 0 amide bonds. The number of esters is 2. The van der Waals surface area contributed by atoms with Gasteiger partial charge in [-0.05, 0) is 6.92 Å². The van der Waals surface area contributed by atoms with Gasteiger partial charge < -0.3 is 28.4 Å². The van der Waals surface area contributed by atoms with Gasteiger partial charge in [0, 0.05) is 25.9 Å². The third-order valence-electron chi connectivity index (χ3n) is 2.29. The number of hydrogen-bond acceptors (Lipinski definition) is 8. The van der Waals surface area contributed by atoms with Gasteiger partial charge in [0.05, 0.1) is 39.6 Å². The van der Waals surface area contributed by atoms with Gasteiger partial charge in [-0.2, -0.15) is 0 Å². The molecule has 0 aromatic heterocycles. The molecule has 0 bridgehead atoms. The number of ether oxygens (including phenoxy) is 6. The minimum absolute atomic E-state index is 0.258. The molecule has 25 heavy (non-hydrogen) atoms. The van der Waals surface area contributed by atoms with Crippen molar-refractivity contribution in [2.75, 3.05) is 66.6 Å². The Hall–Kier alpha value is -1.74. The van der Waals surface area contributed by atoms with Gasteiger partial charge in [0.1, 0.15) is 13.2 Å². The molecule has 0 heterocycles. The van der Waals surface area contributed by atoms with Crippen molar-refractivity contribution in [2.45, 2.75) is 6.92 Å². The second-order valence-electron chi connectivity index (χ2n) is 4.16. The van der Waals surface area contributed by atoms with Gasteiger partial charge in [0.25, 0.3) is 0 Å². The van der Waals surface area contributed by atoms with Crippen molar-refractivity contribution >= 4 is 11.9 Å². The molecule has 0 aliphatic rings. The van der Waals surface area contributed by atoms with Gasteiger partial charge in [-0.1, -0.05) is 13.2 Å². The van der Waals surface area contributed by atoms with Crippen LogP contribution >= 0.6 is 0 Å². The highest BCUT2D eigenvalue weighted by atomic mass is 16.6. The molecule has 146 valence electrons. The molecule has 0 atom stereocenters. The summed E-state index contributed by atoms with van der Waals surface area (Å²) in [5.41, 5.74) is 0. The fourth-order valence-corrected chi connectivity index (χ4v) is 1.13. The Morgan fingerprint density at radius 2 is 1.12 bits per heavy atom. The summed E-state index contributed by atoms with van der Waals surface area (Å²) in [6, 6.07) is 0. The van der Waals surface area contributed by atoms with E-state index in [1.54, 1.807) is 7.11 Å². The van der Waals surface area contributed by atoms with E-state index < -0.39 is 11.9 Å². The largest absolute Gasteiger partial charge is 0.460 e. The predicted octanol–water partition coefficient (Wildman–Crippen LogP) is 1.15. The number of rotatable bonds is 15. The molecule has 0 spiro atoms. The monoisotopic (exact) mass is 362 g/mol. The zero-order valence-corrected chi connectivity index (χ0v) is 15.2. The summed E-state index contributed by atoms with van der Waals surface area (Å²) in [4.78, 5) is 21.0. The maximum atomic E-state index is 10.5. The third kappa shape index (κ3) is 24.6. The van der Waals surface area contributed by atoms with Crippen LogP contribution in [-0.4, -0.2) is 78.5 Å². The minimum Gasteiger partial charge on any atom is -0.460 e. The first-order chi connectivity index (χ1) is 12.1. The molecule has 0 N–H and O–H groups in total. The van der Waals surface area contributed by atoms with Crippen LogP contribution in [0.2, 0.25) is 0 Å². The topological polar surface area (TPSA) is 89.5 Å². The highest BCUT2D eigenvalue weighted by Gasteiger charge is 1.95. The molecule has 0 aliphatic heterocycles. The van der Waals surface area contributed by atoms with Gasteiger partial charge in [0.2, 0.25) is 0 Å². The Morgan fingerprint density at radius 3 is 1.52 bits per heavy atom. The van der Waals surface area contributed by atoms with Crippen molar-refractivity contribution in [3.05, 3.63) is 25.3 Å². The van der Waals surface area contributed by atoms with Crippen molar-refractivity contribution in [1.82, 2.24) is 0 Å². The van der Waals surface area contributed by atoms with Crippen LogP contribution in [0.25, 0.3) is 0 Å². The Kier molecular flexibility index (Phi) is 22.7. The fourth-order valence-electron chi connectivity index (χ4n) is 1.13. The highest BCUT2D eigenvalue weighted by molar-refractivity contribution is 5.81. The summed E-state index contributed by atoms with van der Waals surface area (Å²) in [7, 11) is 1.60. The lowest BCUT2D eigenvalue weighted by Gasteiger charge is -2.04. The van der Waals surface area contributed by atoms with E-state index in [0.29, 0.717) is 46.2 Å². The van der Waals surface area contributed by atoms with E-state index in [-0.39, 0.29) is 13.2 Å². The van der Waals surface area contributed by atoms with Gasteiger partial charge in [-0.3, -0.25) is 0 Å². The summed E-state index contributed by atoms with van der Waals surface area (Å²) in [6.07, 6.45) is 2.25. The first kappa shape index (κ1) is 25.5.